The van der Waals surface area contributed by atoms with E-state index in [1.165, 1.54) is 0 Å². The van der Waals surface area contributed by atoms with Gasteiger partial charge in [0.05, 0.1) is 0 Å². The zero-order chi connectivity index (χ0) is 21.0. The summed E-state index contributed by atoms with van der Waals surface area (Å²) in [7, 11) is 3.84. The van der Waals surface area contributed by atoms with Crippen LogP contribution in [0.15, 0.2) is 34.9 Å². The molecule has 1 aromatic heterocycles. The number of nitrogens with zero attached hydrogens (tertiary/aromatic N) is 3. The second-order valence-electron chi connectivity index (χ2n) is 7.75. The predicted molar refractivity (Wildman–Crippen MR) is 118 cm³/mol. The fraction of sp³-hybridized carbons (Fsp3) is 0.476. The molecule has 1 unspecified atom stereocenters. The molecule has 2 aromatic rings. The van der Waals surface area contributed by atoms with Crippen molar-refractivity contribution >= 4 is 33.6 Å². The second-order valence-corrected chi connectivity index (χ2v) is 8.67. The normalized spacial score (nSPS) is 20.0. The Hall–Kier alpha value is -2.19. The molecule has 1 aliphatic carbocycles. The lowest BCUT2D eigenvalue weighted by Gasteiger charge is -2.31. The van der Waals surface area contributed by atoms with Gasteiger partial charge in [-0.25, -0.2) is 4.98 Å². The van der Waals surface area contributed by atoms with Crippen molar-refractivity contribution in [2.75, 3.05) is 24.3 Å². The smallest absolute Gasteiger partial charge is 0.253 e. The summed E-state index contributed by atoms with van der Waals surface area (Å²) in [5.41, 5.74) is 1.61. The summed E-state index contributed by atoms with van der Waals surface area (Å²) >= 11 is 3.36. The molecule has 29 heavy (non-hydrogen) atoms. The lowest BCUT2D eigenvalue weighted by Crippen LogP contribution is -2.42. The average Bonchev–Trinajstić information content (AvgIpc) is 2.71. The first-order valence-electron chi connectivity index (χ1n) is 9.85. The third-order valence-corrected chi connectivity index (χ3v) is 5.74. The van der Waals surface area contributed by atoms with Crippen LogP contribution in [0.25, 0.3) is 0 Å². The van der Waals surface area contributed by atoms with Crippen LogP contribution < -0.4 is 15.5 Å². The minimum absolute atomic E-state index is 0.0782. The Morgan fingerprint density at radius 2 is 1.79 bits per heavy atom. The highest BCUT2D eigenvalue weighted by atomic mass is 79.9. The van der Waals surface area contributed by atoms with Gasteiger partial charge in [0.1, 0.15) is 5.82 Å². The Bertz CT molecular complexity index is 835. The number of halogens is 1. The highest BCUT2D eigenvalue weighted by Gasteiger charge is 2.26. The number of anilines is 2. The van der Waals surface area contributed by atoms with E-state index < -0.39 is 6.10 Å². The number of hydrogen-bond acceptors (Lipinski definition) is 6. The minimum Gasteiger partial charge on any atom is -0.378 e. The van der Waals surface area contributed by atoms with Gasteiger partial charge in [-0.2, -0.15) is 4.98 Å². The van der Waals surface area contributed by atoms with Gasteiger partial charge in [0.25, 0.3) is 5.91 Å². The van der Waals surface area contributed by atoms with Crippen LogP contribution in [0.2, 0.25) is 0 Å². The van der Waals surface area contributed by atoms with Crippen molar-refractivity contribution in [2.45, 2.75) is 50.8 Å². The summed E-state index contributed by atoms with van der Waals surface area (Å²) in [5.74, 6) is 1.20. The maximum Gasteiger partial charge on any atom is 0.253 e. The molecule has 1 fully saturated rings. The summed E-state index contributed by atoms with van der Waals surface area (Å²) < 4.78 is 0.913. The molecule has 8 heteroatoms. The molecule has 0 bridgehead atoms. The van der Waals surface area contributed by atoms with Gasteiger partial charge in [-0.05, 0) is 50.3 Å². The topological polar surface area (TPSA) is 90.4 Å². The first-order valence-corrected chi connectivity index (χ1v) is 10.6. The van der Waals surface area contributed by atoms with E-state index in [2.05, 4.69) is 36.5 Å². The molecule has 0 spiro atoms. The molecule has 1 aliphatic rings. The third-order valence-electron chi connectivity index (χ3n) is 5.21. The third kappa shape index (κ3) is 5.67. The molecule has 156 valence electrons. The molecule has 0 saturated heterocycles. The zero-order valence-electron chi connectivity index (χ0n) is 17.0. The van der Waals surface area contributed by atoms with Crippen LogP contribution in [0.1, 0.15) is 42.9 Å². The van der Waals surface area contributed by atoms with Gasteiger partial charge in [-0.15, -0.1) is 0 Å². The Morgan fingerprint density at radius 1 is 1.17 bits per heavy atom. The van der Waals surface area contributed by atoms with Crippen LogP contribution in [0, 0.1) is 6.92 Å². The lowest BCUT2D eigenvalue weighted by molar-refractivity contribution is -0.130. The van der Waals surface area contributed by atoms with Crippen molar-refractivity contribution in [1.82, 2.24) is 15.3 Å². The van der Waals surface area contributed by atoms with Gasteiger partial charge in [0, 0.05) is 42.4 Å². The molecule has 3 rings (SSSR count). The molecule has 0 aliphatic heterocycles. The van der Waals surface area contributed by atoms with E-state index in [4.69, 9.17) is 0 Å². The molecule has 1 atom stereocenters. The summed E-state index contributed by atoms with van der Waals surface area (Å²) in [6, 6.07) is 7.53. The van der Waals surface area contributed by atoms with Crippen LogP contribution in [-0.2, 0) is 4.79 Å². The van der Waals surface area contributed by atoms with Crippen LogP contribution in [0.5, 0.6) is 0 Å². The molecule has 1 aromatic carbocycles. The maximum atomic E-state index is 12.4. The zero-order valence-corrected chi connectivity index (χ0v) is 18.6. The molecule has 1 saturated carbocycles. The summed E-state index contributed by atoms with van der Waals surface area (Å²) in [5, 5.41) is 16.8. The Labute approximate surface area is 180 Å². The molecule has 1 heterocycles. The minimum atomic E-state index is -1.15. The molecular weight excluding hydrogens is 434 g/mol. The van der Waals surface area contributed by atoms with E-state index in [9.17, 15) is 9.90 Å². The number of aliphatic hydroxyl groups is 1. The van der Waals surface area contributed by atoms with Gasteiger partial charge in [-0.3, -0.25) is 4.79 Å². The van der Waals surface area contributed by atoms with E-state index in [0.717, 1.165) is 41.5 Å². The quantitative estimate of drug-likeness (QED) is 0.611. The van der Waals surface area contributed by atoms with E-state index in [-0.39, 0.29) is 11.9 Å². The molecule has 3 N–H and O–H groups in total. The van der Waals surface area contributed by atoms with Crippen LogP contribution in [0.4, 0.5) is 11.8 Å². The van der Waals surface area contributed by atoms with Crippen LogP contribution in [0.3, 0.4) is 0 Å². The SMILES string of the molecule is Cc1cnc(N(C)C)nc1NC1CCC(NC(=O)C(O)c2ccc(Br)cc2)CC1. The monoisotopic (exact) mass is 461 g/mol. The Kier molecular flexibility index (Phi) is 7.08. The number of aliphatic hydroxyl groups excluding tert-OH is 1. The largest absolute Gasteiger partial charge is 0.378 e. The number of hydrogen-bond donors (Lipinski definition) is 3. The van der Waals surface area contributed by atoms with Gasteiger partial charge >= 0.3 is 0 Å². The first kappa shape index (κ1) is 21.5. The van der Waals surface area contributed by atoms with Gasteiger partial charge in [0.15, 0.2) is 6.10 Å². The number of benzene rings is 1. The highest BCUT2D eigenvalue weighted by Crippen LogP contribution is 2.25. The molecular formula is C21H28BrN5O2. The predicted octanol–water partition coefficient (Wildman–Crippen LogP) is 3.19. The van der Waals surface area contributed by atoms with E-state index in [1.54, 1.807) is 12.1 Å². The second kappa shape index (κ2) is 9.54. The number of carbonyl (C=O) groups excluding carboxylic acids is 1. The van der Waals surface area contributed by atoms with Crippen molar-refractivity contribution in [3.8, 4) is 0 Å². The number of nitrogens with one attached hydrogen (secondary N) is 2. The first-order chi connectivity index (χ1) is 13.8. The van der Waals surface area contributed by atoms with Crippen molar-refractivity contribution in [3.05, 3.63) is 46.1 Å². The van der Waals surface area contributed by atoms with E-state index in [0.29, 0.717) is 17.6 Å². The molecule has 7 nitrogen and oxygen atoms in total. The Balaban J connectivity index is 1.51. The molecule has 0 radical (unpaired) electrons. The van der Waals surface area contributed by atoms with Gasteiger partial charge in [0.2, 0.25) is 5.95 Å². The number of aryl methyl sites for hydroxylation is 1. The highest BCUT2D eigenvalue weighted by molar-refractivity contribution is 9.10. The molecule has 1 amide bonds. The van der Waals surface area contributed by atoms with Crippen molar-refractivity contribution in [3.63, 3.8) is 0 Å². The average molecular weight is 462 g/mol. The van der Waals surface area contributed by atoms with Gasteiger partial charge < -0.3 is 20.6 Å². The number of carbonyl (C=O) groups is 1. The summed E-state index contributed by atoms with van der Waals surface area (Å²) in [4.78, 5) is 23.2. The maximum absolute atomic E-state index is 12.4. The number of rotatable bonds is 6. The fourth-order valence-corrected chi connectivity index (χ4v) is 3.71. The number of aromatic nitrogens is 2. The van der Waals surface area contributed by atoms with E-state index >= 15 is 0 Å². The number of amides is 1. The lowest BCUT2D eigenvalue weighted by atomic mass is 9.90. The van der Waals surface area contributed by atoms with Crippen LogP contribution in [-0.4, -0.2) is 47.2 Å². The van der Waals surface area contributed by atoms with Crippen molar-refractivity contribution in [1.29, 1.82) is 0 Å². The fourth-order valence-electron chi connectivity index (χ4n) is 3.45. The standard InChI is InChI=1S/C21H28BrN5O2/c1-13-12-23-21(27(2)3)26-19(13)24-16-8-10-17(11-9-16)25-20(29)18(28)14-4-6-15(22)7-5-14/h4-7,12,16-18,28H,8-11H2,1-3H3,(H,25,29)(H,23,24,26). The Morgan fingerprint density at radius 3 is 2.41 bits per heavy atom. The summed E-state index contributed by atoms with van der Waals surface area (Å²) in [6.07, 6.45) is 4.27. The summed E-state index contributed by atoms with van der Waals surface area (Å²) in [6.45, 7) is 2.00. The van der Waals surface area contributed by atoms with Crippen LogP contribution >= 0.6 is 15.9 Å². The van der Waals surface area contributed by atoms with Crippen molar-refractivity contribution in [2.24, 2.45) is 0 Å². The van der Waals surface area contributed by atoms with E-state index in [1.807, 2.05) is 44.2 Å². The van der Waals surface area contributed by atoms with Crippen molar-refractivity contribution < 1.29 is 9.90 Å². The van der Waals surface area contributed by atoms with Gasteiger partial charge in [-0.1, -0.05) is 28.1 Å².